The molecule has 148 valence electrons. The summed E-state index contributed by atoms with van der Waals surface area (Å²) < 4.78 is 12.7. The Labute approximate surface area is 171 Å². The molecule has 3 aromatic heterocycles. The fourth-order valence-corrected chi connectivity index (χ4v) is 4.56. The highest BCUT2D eigenvalue weighted by molar-refractivity contribution is 7.20. The molecule has 1 N–H and O–H groups in total. The number of likely N-dealkylation sites (tertiary alicyclic amines) is 1. The van der Waals surface area contributed by atoms with Crippen LogP contribution in [0.25, 0.3) is 21.3 Å². The van der Waals surface area contributed by atoms with Crippen molar-refractivity contribution in [3.8, 4) is 10.9 Å². The van der Waals surface area contributed by atoms with Crippen molar-refractivity contribution in [3.63, 3.8) is 0 Å². The average Bonchev–Trinajstić information content (AvgIpc) is 3.40. The summed E-state index contributed by atoms with van der Waals surface area (Å²) in [6.07, 6.45) is 4.51. The number of nitrogens with one attached hydrogen (secondary N) is 1. The van der Waals surface area contributed by atoms with Gasteiger partial charge in [0.2, 0.25) is 5.91 Å². The van der Waals surface area contributed by atoms with Crippen LogP contribution >= 0.6 is 11.3 Å². The molecule has 1 aliphatic heterocycles. The van der Waals surface area contributed by atoms with Crippen LogP contribution in [0.15, 0.2) is 47.2 Å². The normalized spacial score (nSPS) is 17.2. The standard InChI is InChI=1S/C21H20N4O3S/c1-13(26)23-15-6-8-25(11-15)10-14-12-27-18-9-16(4-5-17(14)18)28-21-24-20-19(29-21)3-2-7-22-20/h2-5,7,9,12,15H,6,8,10-11H2,1H3,(H,23,26)/t15-/m0/s1. The van der Waals surface area contributed by atoms with E-state index in [1.807, 2.05) is 36.6 Å². The predicted molar refractivity (Wildman–Crippen MR) is 111 cm³/mol. The minimum absolute atomic E-state index is 0.0297. The minimum Gasteiger partial charge on any atom is -0.464 e. The van der Waals surface area contributed by atoms with Gasteiger partial charge in [-0.2, -0.15) is 4.98 Å². The van der Waals surface area contributed by atoms with Crippen molar-refractivity contribution in [1.29, 1.82) is 0 Å². The van der Waals surface area contributed by atoms with Crippen molar-refractivity contribution in [2.75, 3.05) is 13.1 Å². The molecule has 1 saturated heterocycles. The Hall–Kier alpha value is -2.97. The fourth-order valence-electron chi connectivity index (χ4n) is 3.77. The van der Waals surface area contributed by atoms with Gasteiger partial charge in [-0.1, -0.05) is 11.3 Å². The second-order valence-corrected chi connectivity index (χ2v) is 8.24. The van der Waals surface area contributed by atoms with Crippen LogP contribution < -0.4 is 10.1 Å². The number of hydrogen-bond donors (Lipinski definition) is 1. The summed E-state index contributed by atoms with van der Waals surface area (Å²) in [5.74, 6) is 0.714. The number of ether oxygens (including phenoxy) is 1. The van der Waals surface area contributed by atoms with E-state index in [0.29, 0.717) is 16.6 Å². The van der Waals surface area contributed by atoms with E-state index in [1.165, 1.54) is 11.3 Å². The van der Waals surface area contributed by atoms with E-state index in [2.05, 4.69) is 20.2 Å². The number of fused-ring (bicyclic) bond motifs is 2. The summed E-state index contributed by atoms with van der Waals surface area (Å²) in [6.45, 7) is 4.19. The quantitative estimate of drug-likeness (QED) is 0.539. The number of thiazole rings is 1. The number of furan rings is 1. The number of nitrogens with zero attached hydrogens (tertiary/aromatic N) is 3. The van der Waals surface area contributed by atoms with Gasteiger partial charge in [-0.15, -0.1) is 0 Å². The molecule has 7 nitrogen and oxygen atoms in total. The van der Waals surface area contributed by atoms with E-state index in [0.717, 1.165) is 47.3 Å². The molecule has 0 aliphatic carbocycles. The van der Waals surface area contributed by atoms with Crippen LogP contribution in [0.4, 0.5) is 0 Å². The van der Waals surface area contributed by atoms with E-state index in [1.54, 1.807) is 13.1 Å². The van der Waals surface area contributed by atoms with Crippen LogP contribution in [-0.4, -0.2) is 39.9 Å². The van der Waals surface area contributed by atoms with Gasteiger partial charge in [0.1, 0.15) is 11.3 Å². The SMILES string of the molecule is CC(=O)N[C@H]1CCN(Cc2coc3cc(Oc4nc5ncccc5s4)ccc23)C1. The number of rotatable bonds is 5. The third kappa shape index (κ3) is 3.81. The summed E-state index contributed by atoms with van der Waals surface area (Å²) in [5.41, 5.74) is 2.62. The van der Waals surface area contributed by atoms with Gasteiger partial charge < -0.3 is 14.5 Å². The van der Waals surface area contributed by atoms with Gasteiger partial charge in [-0.3, -0.25) is 9.69 Å². The first-order chi connectivity index (χ1) is 14.1. The Morgan fingerprint density at radius 3 is 3.21 bits per heavy atom. The van der Waals surface area contributed by atoms with Crippen molar-refractivity contribution in [2.24, 2.45) is 0 Å². The van der Waals surface area contributed by atoms with Crippen LogP contribution in [0.3, 0.4) is 0 Å². The molecule has 1 aliphatic rings. The number of carbonyl (C=O) groups excluding carboxylic acids is 1. The largest absolute Gasteiger partial charge is 0.464 e. The second kappa shape index (κ2) is 7.46. The molecule has 4 aromatic rings. The maximum absolute atomic E-state index is 11.2. The summed E-state index contributed by atoms with van der Waals surface area (Å²) in [4.78, 5) is 22.2. The lowest BCUT2D eigenvalue weighted by Gasteiger charge is -2.15. The van der Waals surface area contributed by atoms with Crippen LogP contribution in [-0.2, 0) is 11.3 Å². The topological polar surface area (TPSA) is 80.5 Å². The molecular formula is C21H20N4O3S. The first-order valence-electron chi connectivity index (χ1n) is 9.53. The van der Waals surface area contributed by atoms with Crippen molar-refractivity contribution >= 4 is 38.6 Å². The Morgan fingerprint density at radius 2 is 2.34 bits per heavy atom. The van der Waals surface area contributed by atoms with Gasteiger partial charge in [0.05, 0.1) is 11.0 Å². The van der Waals surface area contributed by atoms with Crippen LogP contribution in [0.2, 0.25) is 0 Å². The van der Waals surface area contributed by atoms with Crippen LogP contribution in [0, 0.1) is 0 Å². The molecule has 1 aromatic carbocycles. The van der Waals surface area contributed by atoms with Gasteiger partial charge >= 0.3 is 0 Å². The van der Waals surface area contributed by atoms with Gasteiger partial charge in [-0.25, -0.2) is 4.98 Å². The van der Waals surface area contributed by atoms with E-state index < -0.39 is 0 Å². The Kier molecular flexibility index (Phi) is 4.65. The highest BCUT2D eigenvalue weighted by atomic mass is 32.1. The molecule has 1 amide bonds. The van der Waals surface area contributed by atoms with Crippen molar-refractivity contribution in [2.45, 2.75) is 25.9 Å². The summed E-state index contributed by atoms with van der Waals surface area (Å²) in [6, 6.07) is 9.95. The van der Waals surface area contributed by atoms with E-state index in [9.17, 15) is 4.79 Å². The predicted octanol–water partition coefficient (Wildman–Crippen LogP) is 3.94. The Balaban J connectivity index is 1.30. The number of hydrogen-bond acceptors (Lipinski definition) is 7. The van der Waals surface area contributed by atoms with Crippen molar-refractivity contribution in [3.05, 3.63) is 48.4 Å². The monoisotopic (exact) mass is 408 g/mol. The molecule has 1 fully saturated rings. The van der Waals surface area contributed by atoms with Gasteiger partial charge in [0, 0.05) is 55.8 Å². The molecule has 1 atom stereocenters. The average molecular weight is 408 g/mol. The van der Waals surface area contributed by atoms with Gasteiger partial charge in [0.25, 0.3) is 5.19 Å². The molecule has 0 saturated carbocycles. The first-order valence-corrected chi connectivity index (χ1v) is 10.3. The zero-order valence-corrected chi connectivity index (χ0v) is 16.7. The molecule has 0 spiro atoms. The van der Waals surface area contributed by atoms with Crippen LogP contribution in [0.1, 0.15) is 18.9 Å². The first kappa shape index (κ1) is 18.1. The number of amides is 1. The van der Waals surface area contributed by atoms with Crippen molar-refractivity contribution in [1.82, 2.24) is 20.2 Å². The van der Waals surface area contributed by atoms with E-state index in [4.69, 9.17) is 9.15 Å². The van der Waals surface area contributed by atoms with Crippen molar-refractivity contribution < 1.29 is 13.9 Å². The van der Waals surface area contributed by atoms with Gasteiger partial charge in [0.15, 0.2) is 5.65 Å². The fraction of sp³-hybridized carbons (Fsp3) is 0.286. The third-order valence-electron chi connectivity index (χ3n) is 5.05. The molecule has 4 heterocycles. The number of benzene rings is 1. The minimum atomic E-state index is 0.0297. The molecule has 0 unspecified atom stereocenters. The Bertz CT molecular complexity index is 1150. The highest BCUT2D eigenvalue weighted by Gasteiger charge is 2.24. The number of pyridine rings is 1. The zero-order chi connectivity index (χ0) is 19.8. The van der Waals surface area contributed by atoms with Gasteiger partial charge in [-0.05, 0) is 30.7 Å². The highest BCUT2D eigenvalue weighted by Crippen LogP contribution is 2.33. The lowest BCUT2D eigenvalue weighted by molar-refractivity contribution is -0.119. The maximum atomic E-state index is 11.2. The molecule has 0 radical (unpaired) electrons. The molecular weight excluding hydrogens is 388 g/mol. The second-order valence-electron chi connectivity index (χ2n) is 7.25. The third-order valence-corrected chi connectivity index (χ3v) is 5.94. The molecule has 5 rings (SSSR count). The van der Waals surface area contributed by atoms with Crippen LogP contribution in [0.5, 0.6) is 10.9 Å². The van der Waals surface area contributed by atoms with E-state index >= 15 is 0 Å². The number of aromatic nitrogens is 2. The van der Waals surface area contributed by atoms with E-state index in [-0.39, 0.29) is 11.9 Å². The summed E-state index contributed by atoms with van der Waals surface area (Å²) >= 11 is 1.47. The summed E-state index contributed by atoms with van der Waals surface area (Å²) in [7, 11) is 0. The lowest BCUT2D eigenvalue weighted by atomic mass is 10.1. The maximum Gasteiger partial charge on any atom is 0.281 e. The zero-order valence-electron chi connectivity index (χ0n) is 15.9. The summed E-state index contributed by atoms with van der Waals surface area (Å²) in [5, 5.41) is 4.63. The molecule has 0 bridgehead atoms. The smallest absolute Gasteiger partial charge is 0.281 e. The molecule has 8 heteroatoms. The Morgan fingerprint density at radius 1 is 1.41 bits per heavy atom. The lowest BCUT2D eigenvalue weighted by Crippen LogP contribution is -2.35. The molecule has 29 heavy (non-hydrogen) atoms. The number of carbonyl (C=O) groups is 1.